The molecule has 4 heteroatoms. The largest absolute Gasteiger partial charge is 0.252 e. The van der Waals surface area contributed by atoms with Crippen LogP contribution >= 0.6 is 15.9 Å². The molecule has 0 aliphatic carbocycles. The van der Waals surface area contributed by atoms with Gasteiger partial charge in [0.1, 0.15) is 4.60 Å². The van der Waals surface area contributed by atoms with Crippen molar-refractivity contribution in [1.82, 2.24) is 10.2 Å². The number of H-pyrrole nitrogens is 1. The van der Waals surface area contributed by atoms with Crippen LogP contribution in [0.25, 0.3) is 0 Å². The number of nitrogens with zero attached hydrogens (tertiary/aromatic N) is 1. The molecule has 1 aromatic rings. The summed E-state index contributed by atoms with van der Waals surface area (Å²) in [4.78, 5) is 0. The summed E-state index contributed by atoms with van der Waals surface area (Å²) in [7, 11) is 0. The Balaban J connectivity index is 3.21. The minimum Gasteiger partial charge on any atom is -0.252 e. The van der Waals surface area contributed by atoms with Crippen molar-refractivity contribution >= 4 is 15.9 Å². The van der Waals surface area contributed by atoms with Gasteiger partial charge in [-0.1, -0.05) is 20.8 Å². The molecule has 1 heterocycles. The highest BCUT2D eigenvalue weighted by Crippen LogP contribution is 2.29. The van der Waals surface area contributed by atoms with Gasteiger partial charge in [-0.15, -0.1) is 0 Å². The van der Waals surface area contributed by atoms with Crippen LogP contribution in [0.3, 0.4) is 0 Å². The molecule has 0 aliphatic rings. The SMILES string of the molecule is CC(C)(C)c1c(Br)n[nH]c1F. The van der Waals surface area contributed by atoms with E-state index >= 15 is 0 Å². The molecule has 0 aromatic carbocycles. The van der Waals surface area contributed by atoms with E-state index in [1.54, 1.807) is 0 Å². The van der Waals surface area contributed by atoms with Crippen molar-refractivity contribution in [2.75, 3.05) is 0 Å². The Morgan fingerprint density at radius 3 is 2.18 bits per heavy atom. The average molecular weight is 221 g/mol. The van der Waals surface area contributed by atoms with E-state index in [0.717, 1.165) is 0 Å². The predicted molar refractivity (Wildman–Crippen MR) is 44.9 cm³/mol. The molecule has 0 radical (unpaired) electrons. The fourth-order valence-corrected chi connectivity index (χ4v) is 1.80. The summed E-state index contributed by atoms with van der Waals surface area (Å²) >= 11 is 3.17. The summed E-state index contributed by atoms with van der Waals surface area (Å²) in [6.45, 7) is 5.81. The smallest absolute Gasteiger partial charge is 0.213 e. The molecular formula is C7H10BrFN2. The van der Waals surface area contributed by atoms with Gasteiger partial charge in [0.25, 0.3) is 0 Å². The van der Waals surface area contributed by atoms with Crippen molar-refractivity contribution in [1.29, 1.82) is 0 Å². The van der Waals surface area contributed by atoms with Gasteiger partial charge in [-0.2, -0.15) is 9.49 Å². The number of aromatic amines is 1. The van der Waals surface area contributed by atoms with E-state index in [-0.39, 0.29) is 11.4 Å². The van der Waals surface area contributed by atoms with Crippen LogP contribution in [-0.4, -0.2) is 10.2 Å². The number of hydrogen-bond acceptors (Lipinski definition) is 1. The molecule has 11 heavy (non-hydrogen) atoms. The maximum Gasteiger partial charge on any atom is 0.213 e. The van der Waals surface area contributed by atoms with Gasteiger partial charge in [-0.3, -0.25) is 5.10 Å². The first kappa shape index (κ1) is 8.71. The van der Waals surface area contributed by atoms with Gasteiger partial charge in [-0.25, -0.2) is 0 Å². The van der Waals surface area contributed by atoms with E-state index in [9.17, 15) is 4.39 Å². The molecule has 1 rings (SSSR count). The van der Waals surface area contributed by atoms with Gasteiger partial charge in [-0.05, 0) is 21.3 Å². The van der Waals surface area contributed by atoms with Crippen molar-refractivity contribution in [2.45, 2.75) is 26.2 Å². The molecule has 0 unspecified atom stereocenters. The molecule has 0 bridgehead atoms. The molecule has 1 N–H and O–H groups in total. The quantitative estimate of drug-likeness (QED) is 0.716. The lowest BCUT2D eigenvalue weighted by Gasteiger charge is -2.16. The third-order valence-corrected chi connectivity index (χ3v) is 2.00. The number of nitrogens with one attached hydrogen (secondary N) is 1. The van der Waals surface area contributed by atoms with Crippen molar-refractivity contribution in [3.05, 3.63) is 16.1 Å². The summed E-state index contributed by atoms with van der Waals surface area (Å²) in [5, 5.41) is 5.98. The van der Waals surface area contributed by atoms with E-state index in [4.69, 9.17) is 0 Å². The van der Waals surface area contributed by atoms with Gasteiger partial charge in [0.2, 0.25) is 5.95 Å². The van der Waals surface area contributed by atoms with Gasteiger partial charge >= 0.3 is 0 Å². The van der Waals surface area contributed by atoms with E-state index < -0.39 is 0 Å². The van der Waals surface area contributed by atoms with E-state index in [0.29, 0.717) is 10.2 Å². The molecule has 2 nitrogen and oxygen atoms in total. The van der Waals surface area contributed by atoms with Crippen LogP contribution in [0, 0.1) is 5.95 Å². The lowest BCUT2D eigenvalue weighted by atomic mass is 9.89. The lowest BCUT2D eigenvalue weighted by molar-refractivity contribution is 0.506. The predicted octanol–water partition coefficient (Wildman–Crippen LogP) is 2.61. The summed E-state index contributed by atoms with van der Waals surface area (Å²) in [5.41, 5.74) is 0.383. The Morgan fingerprint density at radius 1 is 1.45 bits per heavy atom. The third kappa shape index (κ3) is 1.61. The summed E-state index contributed by atoms with van der Waals surface area (Å²) in [6.07, 6.45) is 0. The van der Waals surface area contributed by atoms with Crippen molar-refractivity contribution in [2.24, 2.45) is 0 Å². The van der Waals surface area contributed by atoms with Gasteiger partial charge < -0.3 is 0 Å². The molecule has 1 aromatic heterocycles. The third-order valence-electron chi connectivity index (χ3n) is 1.43. The number of halogens is 2. The average Bonchev–Trinajstić information content (AvgIpc) is 2.08. The Labute approximate surface area is 73.3 Å². The molecule has 0 spiro atoms. The second-order valence-corrected chi connectivity index (χ2v) is 4.20. The Morgan fingerprint density at radius 2 is 2.00 bits per heavy atom. The lowest BCUT2D eigenvalue weighted by Crippen LogP contribution is -2.12. The maximum atomic E-state index is 13.0. The van der Waals surface area contributed by atoms with Crippen LogP contribution in [0.2, 0.25) is 0 Å². The second-order valence-electron chi connectivity index (χ2n) is 3.45. The normalized spacial score (nSPS) is 12.1. The molecule has 0 atom stereocenters. The molecule has 0 saturated heterocycles. The standard InChI is InChI=1S/C7H10BrFN2/c1-7(2,3)4-5(8)10-11-6(4)9/h1-3H3,(H,10,11). The topological polar surface area (TPSA) is 28.7 Å². The zero-order chi connectivity index (χ0) is 8.65. The molecule has 0 aliphatic heterocycles. The van der Waals surface area contributed by atoms with Crippen LogP contribution in [0.4, 0.5) is 4.39 Å². The van der Waals surface area contributed by atoms with E-state index in [1.807, 2.05) is 20.8 Å². The number of aromatic nitrogens is 2. The minimum absolute atomic E-state index is 0.212. The molecule has 0 fully saturated rings. The maximum absolute atomic E-state index is 13.0. The van der Waals surface area contributed by atoms with Crippen LogP contribution in [0.15, 0.2) is 4.60 Å². The number of hydrogen-bond donors (Lipinski definition) is 1. The molecule has 0 amide bonds. The number of rotatable bonds is 0. The van der Waals surface area contributed by atoms with E-state index in [1.165, 1.54) is 0 Å². The molecule has 62 valence electrons. The first-order chi connectivity index (χ1) is 4.93. The zero-order valence-electron chi connectivity index (χ0n) is 6.70. The van der Waals surface area contributed by atoms with Crippen molar-refractivity contribution in [3.8, 4) is 0 Å². The Hall–Kier alpha value is -0.380. The first-order valence-corrected chi connectivity index (χ1v) is 4.12. The van der Waals surface area contributed by atoms with Crippen LogP contribution in [0.5, 0.6) is 0 Å². The van der Waals surface area contributed by atoms with Gasteiger partial charge in [0.15, 0.2) is 0 Å². The first-order valence-electron chi connectivity index (χ1n) is 3.33. The zero-order valence-corrected chi connectivity index (χ0v) is 8.29. The summed E-state index contributed by atoms with van der Waals surface area (Å²) in [6, 6.07) is 0. The Bertz CT molecular complexity index is 242. The highest BCUT2D eigenvalue weighted by Gasteiger charge is 2.23. The van der Waals surface area contributed by atoms with Crippen LogP contribution in [0.1, 0.15) is 26.3 Å². The van der Waals surface area contributed by atoms with Crippen LogP contribution < -0.4 is 0 Å². The minimum atomic E-state index is -0.357. The summed E-state index contributed by atoms with van der Waals surface area (Å²) in [5.74, 6) is -0.357. The second kappa shape index (κ2) is 2.59. The fraction of sp³-hybridized carbons (Fsp3) is 0.571. The molecule has 0 saturated carbocycles. The van der Waals surface area contributed by atoms with E-state index in [2.05, 4.69) is 26.1 Å². The highest BCUT2D eigenvalue weighted by molar-refractivity contribution is 9.10. The van der Waals surface area contributed by atoms with Crippen LogP contribution in [-0.2, 0) is 5.41 Å². The Kier molecular flexibility index (Phi) is 2.05. The van der Waals surface area contributed by atoms with Crippen molar-refractivity contribution in [3.63, 3.8) is 0 Å². The van der Waals surface area contributed by atoms with Gasteiger partial charge in [0, 0.05) is 5.56 Å². The van der Waals surface area contributed by atoms with Crippen molar-refractivity contribution < 1.29 is 4.39 Å². The fourth-order valence-electron chi connectivity index (χ4n) is 0.939. The highest BCUT2D eigenvalue weighted by atomic mass is 79.9. The molecular weight excluding hydrogens is 211 g/mol. The monoisotopic (exact) mass is 220 g/mol. The van der Waals surface area contributed by atoms with Gasteiger partial charge in [0.05, 0.1) is 0 Å². The summed E-state index contributed by atoms with van der Waals surface area (Å²) < 4.78 is 13.5.